The van der Waals surface area contributed by atoms with Gasteiger partial charge in [-0.3, -0.25) is 9.59 Å². The molecule has 25 heavy (non-hydrogen) atoms. The molecule has 2 aromatic rings. The molecule has 1 atom stereocenters. The summed E-state index contributed by atoms with van der Waals surface area (Å²) in [5.74, 6) is -0.184. The summed E-state index contributed by atoms with van der Waals surface area (Å²) in [6, 6.07) is 13.1. The highest BCUT2D eigenvalue weighted by Gasteiger charge is 2.19. The molecule has 0 aliphatic carbocycles. The van der Waals surface area contributed by atoms with Crippen LogP contribution < -0.4 is 5.32 Å². The van der Waals surface area contributed by atoms with Crippen molar-refractivity contribution in [3.05, 3.63) is 58.6 Å². The number of rotatable bonds is 5. The Bertz CT molecular complexity index is 772. The molecule has 0 fully saturated rings. The molecular weight excluding hydrogens is 336 g/mol. The number of nitrogens with one attached hydrogen (secondary N) is 1. The van der Waals surface area contributed by atoms with Crippen LogP contribution in [0.15, 0.2) is 42.5 Å². The van der Waals surface area contributed by atoms with E-state index >= 15 is 0 Å². The summed E-state index contributed by atoms with van der Waals surface area (Å²) < 4.78 is 0. The Labute approximate surface area is 153 Å². The van der Waals surface area contributed by atoms with Crippen LogP contribution in [0.25, 0.3) is 11.1 Å². The molecule has 1 N–H and O–H groups in total. The molecule has 0 aromatic heterocycles. The Kier molecular flexibility index (Phi) is 6.21. The van der Waals surface area contributed by atoms with Gasteiger partial charge in [-0.05, 0) is 54.8 Å². The minimum absolute atomic E-state index is 0.0827. The van der Waals surface area contributed by atoms with Gasteiger partial charge in [-0.2, -0.15) is 0 Å². The van der Waals surface area contributed by atoms with Gasteiger partial charge in [0.2, 0.25) is 5.91 Å². The number of benzene rings is 2. The number of hydrogen-bond donors (Lipinski definition) is 1. The van der Waals surface area contributed by atoms with Crippen LogP contribution in [0.4, 0.5) is 0 Å². The van der Waals surface area contributed by atoms with E-state index in [9.17, 15) is 9.59 Å². The summed E-state index contributed by atoms with van der Waals surface area (Å²) in [7, 11) is 3.31. The second kappa shape index (κ2) is 8.17. The van der Waals surface area contributed by atoms with Crippen LogP contribution in [0.5, 0.6) is 0 Å². The molecule has 0 spiro atoms. The lowest BCUT2D eigenvalue weighted by molar-refractivity contribution is -0.121. The third-order valence-electron chi connectivity index (χ3n) is 4.37. The zero-order chi connectivity index (χ0) is 18.6. The largest absolute Gasteiger partial charge is 0.359 e. The van der Waals surface area contributed by atoms with E-state index in [4.69, 9.17) is 11.6 Å². The predicted molar refractivity (Wildman–Crippen MR) is 102 cm³/mol. The summed E-state index contributed by atoms with van der Waals surface area (Å²) in [6.07, 6.45) is 0.279. The molecule has 0 unspecified atom stereocenters. The van der Waals surface area contributed by atoms with Crippen molar-refractivity contribution in [2.45, 2.75) is 26.3 Å². The molecule has 132 valence electrons. The average molecular weight is 359 g/mol. The highest BCUT2D eigenvalue weighted by molar-refractivity contribution is 6.30. The number of hydrogen-bond acceptors (Lipinski definition) is 2. The lowest BCUT2D eigenvalue weighted by Gasteiger charge is -2.24. The first-order valence-corrected chi connectivity index (χ1v) is 8.55. The number of halogens is 1. The number of carbonyl (C=O) groups is 2. The van der Waals surface area contributed by atoms with Gasteiger partial charge in [0.25, 0.3) is 5.91 Å². The zero-order valence-corrected chi connectivity index (χ0v) is 15.7. The van der Waals surface area contributed by atoms with Gasteiger partial charge in [0.15, 0.2) is 0 Å². The van der Waals surface area contributed by atoms with Gasteiger partial charge >= 0.3 is 0 Å². The summed E-state index contributed by atoms with van der Waals surface area (Å²) in [5.41, 5.74) is 3.81. The van der Waals surface area contributed by atoms with E-state index in [0.29, 0.717) is 10.6 Å². The van der Waals surface area contributed by atoms with Crippen molar-refractivity contribution in [2.24, 2.45) is 0 Å². The Balaban J connectivity index is 2.16. The molecule has 2 rings (SSSR count). The summed E-state index contributed by atoms with van der Waals surface area (Å²) in [4.78, 5) is 25.7. The third-order valence-corrected chi connectivity index (χ3v) is 4.61. The maximum Gasteiger partial charge on any atom is 0.253 e. The molecule has 5 heteroatoms. The molecule has 0 bridgehead atoms. The van der Waals surface area contributed by atoms with Crippen molar-refractivity contribution < 1.29 is 9.59 Å². The zero-order valence-electron chi connectivity index (χ0n) is 15.0. The van der Waals surface area contributed by atoms with Crippen LogP contribution >= 0.6 is 11.6 Å². The van der Waals surface area contributed by atoms with E-state index in [0.717, 1.165) is 16.7 Å². The topological polar surface area (TPSA) is 49.4 Å². The van der Waals surface area contributed by atoms with Gasteiger partial charge < -0.3 is 10.2 Å². The normalized spacial score (nSPS) is 11.7. The molecule has 0 saturated heterocycles. The third kappa shape index (κ3) is 4.60. The highest BCUT2D eigenvalue weighted by Crippen LogP contribution is 2.26. The summed E-state index contributed by atoms with van der Waals surface area (Å²) in [5, 5.41) is 3.29. The lowest BCUT2D eigenvalue weighted by atomic mass is 9.99. The Morgan fingerprint density at radius 3 is 2.36 bits per heavy atom. The predicted octanol–water partition coefficient (Wildman–Crippen LogP) is 3.91. The first-order chi connectivity index (χ1) is 11.8. The van der Waals surface area contributed by atoms with E-state index in [2.05, 4.69) is 5.32 Å². The minimum atomic E-state index is -0.175. The fourth-order valence-corrected chi connectivity index (χ4v) is 2.88. The van der Waals surface area contributed by atoms with Crippen LogP contribution in [0.3, 0.4) is 0 Å². The van der Waals surface area contributed by atoms with Gasteiger partial charge in [0.1, 0.15) is 0 Å². The Hall–Kier alpha value is -2.33. The van der Waals surface area contributed by atoms with Gasteiger partial charge in [0, 0.05) is 37.1 Å². The van der Waals surface area contributed by atoms with E-state index in [1.54, 1.807) is 19.0 Å². The van der Waals surface area contributed by atoms with Crippen molar-refractivity contribution in [1.82, 2.24) is 10.2 Å². The van der Waals surface area contributed by atoms with Crippen molar-refractivity contribution in [3.8, 4) is 11.1 Å². The second-order valence-corrected chi connectivity index (χ2v) is 6.62. The van der Waals surface area contributed by atoms with Crippen molar-refractivity contribution in [3.63, 3.8) is 0 Å². The van der Waals surface area contributed by atoms with Crippen LogP contribution in [-0.2, 0) is 4.79 Å². The Morgan fingerprint density at radius 2 is 1.80 bits per heavy atom. The van der Waals surface area contributed by atoms with E-state index in [1.807, 2.05) is 56.3 Å². The van der Waals surface area contributed by atoms with Gasteiger partial charge in [-0.15, -0.1) is 0 Å². The van der Waals surface area contributed by atoms with E-state index in [1.165, 1.54) is 0 Å². The van der Waals surface area contributed by atoms with Crippen molar-refractivity contribution >= 4 is 23.4 Å². The molecule has 0 radical (unpaired) electrons. The smallest absolute Gasteiger partial charge is 0.253 e. The molecule has 2 aromatic carbocycles. The SMILES string of the molecule is CNC(=O)C[C@@H](C)N(C)C(=O)c1ccc(-c2ccc(Cl)cc2C)cc1. The first kappa shape index (κ1) is 19.0. The maximum absolute atomic E-state index is 12.6. The van der Waals surface area contributed by atoms with Crippen LogP contribution in [0, 0.1) is 6.92 Å². The molecule has 0 aliphatic rings. The van der Waals surface area contributed by atoms with Gasteiger partial charge in [-0.25, -0.2) is 0 Å². The molecule has 0 saturated carbocycles. The molecule has 0 aliphatic heterocycles. The fourth-order valence-electron chi connectivity index (χ4n) is 2.65. The summed E-state index contributed by atoms with van der Waals surface area (Å²) in [6.45, 7) is 3.87. The van der Waals surface area contributed by atoms with E-state index < -0.39 is 0 Å². The number of amides is 2. The van der Waals surface area contributed by atoms with Gasteiger partial charge in [0.05, 0.1) is 0 Å². The van der Waals surface area contributed by atoms with Gasteiger partial charge in [-0.1, -0.05) is 29.8 Å². The quantitative estimate of drug-likeness (QED) is 0.880. The average Bonchev–Trinajstić information content (AvgIpc) is 2.60. The van der Waals surface area contributed by atoms with Crippen molar-refractivity contribution in [2.75, 3.05) is 14.1 Å². The molecular formula is C20H23ClN2O2. The monoisotopic (exact) mass is 358 g/mol. The van der Waals surface area contributed by atoms with Crippen LogP contribution in [0.1, 0.15) is 29.3 Å². The minimum Gasteiger partial charge on any atom is -0.359 e. The standard InChI is InChI=1S/C20H23ClN2O2/c1-13-11-17(21)9-10-18(13)15-5-7-16(8-6-15)20(25)23(4)14(2)12-19(24)22-3/h5-11,14H,12H2,1-4H3,(H,22,24)/t14-/m1/s1. The maximum atomic E-state index is 12.6. The van der Waals surface area contributed by atoms with E-state index in [-0.39, 0.29) is 24.3 Å². The number of carbonyl (C=O) groups excluding carboxylic acids is 2. The van der Waals surface area contributed by atoms with Crippen LogP contribution in [-0.4, -0.2) is 36.9 Å². The molecule has 2 amide bonds. The van der Waals surface area contributed by atoms with Crippen LogP contribution in [0.2, 0.25) is 5.02 Å². The molecule has 0 heterocycles. The first-order valence-electron chi connectivity index (χ1n) is 8.17. The Morgan fingerprint density at radius 1 is 1.16 bits per heavy atom. The lowest BCUT2D eigenvalue weighted by Crippen LogP contribution is -2.38. The second-order valence-electron chi connectivity index (χ2n) is 6.18. The highest BCUT2D eigenvalue weighted by atomic mass is 35.5. The summed E-state index contributed by atoms with van der Waals surface area (Å²) >= 11 is 6.00. The molecule has 4 nitrogen and oxygen atoms in total. The fraction of sp³-hybridized carbons (Fsp3) is 0.300. The number of nitrogens with zero attached hydrogens (tertiary/aromatic N) is 1. The number of aryl methyl sites for hydroxylation is 1. The van der Waals surface area contributed by atoms with Crippen molar-refractivity contribution in [1.29, 1.82) is 0 Å².